The Morgan fingerprint density at radius 1 is 1.67 bits per heavy atom. The van der Waals surface area contributed by atoms with Crippen LogP contribution in [0.1, 0.15) is 6.92 Å². The monoisotopic (exact) mass is 145 g/mol. The molecule has 0 spiro atoms. The maximum atomic E-state index is 10.7. The molecule has 1 atom stereocenters. The Morgan fingerprint density at radius 3 is 2.78 bits per heavy atom. The molecule has 1 N–H and O–H groups in total. The van der Waals surface area contributed by atoms with E-state index in [1.165, 1.54) is 11.8 Å². The van der Waals surface area contributed by atoms with Crippen molar-refractivity contribution in [2.24, 2.45) is 0 Å². The first-order chi connectivity index (χ1) is 4.20. The Labute approximate surface area is 57.2 Å². The fourth-order valence-corrected chi connectivity index (χ4v) is 1.24. The normalized spacial score (nSPS) is 27.9. The second-order valence-electron chi connectivity index (χ2n) is 1.87. The zero-order valence-corrected chi connectivity index (χ0v) is 5.83. The van der Waals surface area contributed by atoms with Crippen molar-refractivity contribution in [2.75, 3.05) is 5.75 Å². The quantitative estimate of drug-likeness (QED) is 0.479. The summed E-state index contributed by atoms with van der Waals surface area (Å²) in [5.74, 6) is 0.0618. The highest BCUT2D eigenvalue weighted by Crippen LogP contribution is 2.13. The standard InChI is InChI=1S/C5H7NO2S/c1-3-5(8)6-4(7)2-9-3/h3H,2H2,1H3,(H,6,7,8)/t3-/m1/s1. The van der Waals surface area contributed by atoms with Gasteiger partial charge in [-0.2, -0.15) is 0 Å². The van der Waals surface area contributed by atoms with Gasteiger partial charge in [0.15, 0.2) is 0 Å². The van der Waals surface area contributed by atoms with Crippen molar-refractivity contribution >= 4 is 23.6 Å². The van der Waals surface area contributed by atoms with E-state index in [0.717, 1.165) is 0 Å². The summed E-state index contributed by atoms with van der Waals surface area (Å²) in [5.41, 5.74) is 0. The molecule has 0 unspecified atom stereocenters. The van der Waals surface area contributed by atoms with E-state index < -0.39 is 0 Å². The molecule has 1 saturated heterocycles. The fourth-order valence-electron chi connectivity index (χ4n) is 0.552. The van der Waals surface area contributed by atoms with E-state index in [4.69, 9.17) is 0 Å². The van der Waals surface area contributed by atoms with Crippen LogP contribution in [0.3, 0.4) is 0 Å². The zero-order chi connectivity index (χ0) is 6.85. The molecule has 0 aromatic heterocycles. The molecule has 0 saturated carbocycles. The first-order valence-electron chi connectivity index (χ1n) is 2.65. The van der Waals surface area contributed by atoms with E-state index in [1.54, 1.807) is 6.92 Å². The molecule has 9 heavy (non-hydrogen) atoms. The van der Waals surface area contributed by atoms with Crippen LogP contribution in [0.15, 0.2) is 0 Å². The van der Waals surface area contributed by atoms with Crippen LogP contribution in [0.2, 0.25) is 0 Å². The lowest BCUT2D eigenvalue weighted by atomic mass is 10.4. The third kappa shape index (κ3) is 1.45. The number of thioether (sulfide) groups is 1. The Morgan fingerprint density at radius 2 is 2.33 bits per heavy atom. The van der Waals surface area contributed by atoms with Gasteiger partial charge in [-0.3, -0.25) is 14.9 Å². The second kappa shape index (κ2) is 2.39. The number of carbonyl (C=O) groups is 2. The SMILES string of the molecule is C[C@H]1SCC(=O)NC1=O. The third-order valence-electron chi connectivity index (χ3n) is 1.10. The lowest BCUT2D eigenvalue weighted by Gasteiger charge is -2.15. The summed E-state index contributed by atoms with van der Waals surface area (Å²) >= 11 is 1.37. The lowest BCUT2D eigenvalue weighted by molar-refractivity contribution is -0.129. The highest BCUT2D eigenvalue weighted by atomic mass is 32.2. The molecule has 0 aromatic carbocycles. The number of hydrogen-bond donors (Lipinski definition) is 1. The van der Waals surface area contributed by atoms with Crippen molar-refractivity contribution < 1.29 is 9.59 Å². The van der Waals surface area contributed by atoms with Gasteiger partial charge < -0.3 is 0 Å². The van der Waals surface area contributed by atoms with Crippen LogP contribution in [0.4, 0.5) is 0 Å². The Balaban J connectivity index is 2.54. The first kappa shape index (κ1) is 6.61. The Hall–Kier alpha value is -0.510. The Bertz CT molecular complexity index is 157. The van der Waals surface area contributed by atoms with Gasteiger partial charge in [0.25, 0.3) is 0 Å². The van der Waals surface area contributed by atoms with Gasteiger partial charge >= 0.3 is 0 Å². The van der Waals surface area contributed by atoms with Crippen molar-refractivity contribution in [1.82, 2.24) is 5.32 Å². The minimum atomic E-state index is -0.178. The van der Waals surface area contributed by atoms with Crippen LogP contribution < -0.4 is 5.32 Å². The number of amides is 2. The predicted molar refractivity (Wildman–Crippen MR) is 35.1 cm³/mol. The van der Waals surface area contributed by atoms with Crippen LogP contribution in [0, 0.1) is 0 Å². The molecule has 4 heteroatoms. The molecule has 1 heterocycles. The number of imide groups is 1. The molecular weight excluding hydrogens is 138 g/mol. The average molecular weight is 145 g/mol. The van der Waals surface area contributed by atoms with Crippen molar-refractivity contribution in [3.63, 3.8) is 0 Å². The number of carbonyl (C=O) groups excluding carboxylic acids is 2. The summed E-state index contributed by atoms with van der Waals surface area (Å²) < 4.78 is 0. The molecular formula is C5H7NO2S. The minimum Gasteiger partial charge on any atom is -0.295 e. The molecule has 3 nitrogen and oxygen atoms in total. The molecule has 0 aliphatic carbocycles. The molecule has 1 fully saturated rings. The van der Waals surface area contributed by atoms with Gasteiger partial charge in [-0.15, -0.1) is 11.8 Å². The van der Waals surface area contributed by atoms with Gasteiger partial charge in [0, 0.05) is 0 Å². The summed E-state index contributed by atoms with van der Waals surface area (Å²) in [5, 5.41) is 2.16. The van der Waals surface area contributed by atoms with E-state index in [-0.39, 0.29) is 17.1 Å². The van der Waals surface area contributed by atoms with E-state index in [2.05, 4.69) is 5.32 Å². The smallest absolute Gasteiger partial charge is 0.239 e. The van der Waals surface area contributed by atoms with Crippen molar-refractivity contribution in [1.29, 1.82) is 0 Å². The van der Waals surface area contributed by atoms with Crippen molar-refractivity contribution in [3.8, 4) is 0 Å². The van der Waals surface area contributed by atoms with E-state index in [1.807, 2.05) is 0 Å². The first-order valence-corrected chi connectivity index (χ1v) is 3.70. The van der Waals surface area contributed by atoms with Crippen LogP contribution in [0.5, 0.6) is 0 Å². The van der Waals surface area contributed by atoms with E-state index in [9.17, 15) is 9.59 Å². The van der Waals surface area contributed by atoms with Crippen LogP contribution in [-0.4, -0.2) is 22.8 Å². The number of hydrogen-bond acceptors (Lipinski definition) is 3. The molecule has 1 aliphatic heterocycles. The van der Waals surface area contributed by atoms with Gasteiger partial charge in [-0.1, -0.05) is 0 Å². The van der Waals surface area contributed by atoms with Crippen molar-refractivity contribution in [2.45, 2.75) is 12.2 Å². The van der Waals surface area contributed by atoms with E-state index >= 15 is 0 Å². The number of rotatable bonds is 0. The van der Waals surface area contributed by atoms with Gasteiger partial charge in [0.1, 0.15) is 0 Å². The summed E-state index contributed by atoms with van der Waals surface area (Å²) in [6.45, 7) is 1.78. The average Bonchev–Trinajstić information content (AvgIpc) is 1.80. The summed E-state index contributed by atoms with van der Waals surface area (Å²) in [6, 6.07) is 0. The number of nitrogens with one attached hydrogen (secondary N) is 1. The molecule has 1 aliphatic rings. The topological polar surface area (TPSA) is 46.2 Å². The zero-order valence-electron chi connectivity index (χ0n) is 5.01. The van der Waals surface area contributed by atoms with Crippen LogP contribution in [-0.2, 0) is 9.59 Å². The van der Waals surface area contributed by atoms with E-state index in [0.29, 0.717) is 5.75 Å². The molecule has 2 amide bonds. The van der Waals surface area contributed by atoms with Gasteiger partial charge in [0.05, 0.1) is 11.0 Å². The Kier molecular flexibility index (Phi) is 1.75. The largest absolute Gasteiger partial charge is 0.295 e. The van der Waals surface area contributed by atoms with Crippen LogP contribution >= 0.6 is 11.8 Å². The van der Waals surface area contributed by atoms with Gasteiger partial charge in [-0.25, -0.2) is 0 Å². The summed E-state index contributed by atoms with van der Waals surface area (Å²) in [7, 11) is 0. The highest BCUT2D eigenvalue weighted by molar-refractivity contribution is 8.01. The molecule has 0 aromatic rings. The maximum absolute atomic E-state index is 10.7. The van der Waals surface area contributed by atoms with Gasteiger partial charge in [-0.05, 0) is 6.92 Å². The molecule has 0 radical (unpaired) electrons. The highest BCUT2D eigenvalue weighted by Gasteiger charge is 2.22. The minimum absolute atomic E-state index is 0.0669. The summed E-state index contributed by atoms with van der Waals surface area (Å²) in [6.07, 6.45) is 0. The summed E-state index contributed by atoms with van der Waals surface area (Å²) in [4.78, 5) is 21.1. The van der Waals surface area contributed by atoms with Crippen molar-refractivity contribution in [3.05, 3.63) is 0 Å². The third-order valence-corrected chi connectivity index (χ3v) is 2.24. The lowest BCUT2D eigenvalue weighted by Crippen LogP contribution is -2.42. The second-order valence-corrected chi connectivity index (χ2v) is 3.19. The molecule has 0 bridgehead atoms. The molecule has 1 rings (SSSR count). The predicted octanol–water partition coefficient (Wildman–Crippen LogP) is -0.236. The van der Waals surface area contributed by atoms with Gasteiger partial charge in [0.2, 0.25) is 11.8 Å². The fraction of sp³-hybridized carbons (Fsp3) is 0.600. The van der Waals surface area contributed by atoms with Crippen LogP contribution in [0.25, 0.3) is 0 Å². The maximum Gasteiger partial charge on any atom is 0.239 e. The molecule has 50 valence electrons.